The van der Waals surface area contributed by atoms with Crippen LogP contribution in [0.5, 0.6) is 0 Å². The third kappa shape index (κ3) is 2.43. The highest BCUT2D eigenvalue weighted by Gasteiger charge is 2.27. The molecule has 0 amide bonds. The molecule has 0 fully saturated rings. The van der Waals surface area contributed by atoms with Crippen molar-refractivity contribution in [3.05, 3.63) is 34.0 Å². The second kappa shape index (κ2) is 5.85. The molecule has 7 nitrogen and oxygen atoms in total. The fourth-order valence-corrected chi connectivity index (χ4v) is 2.32. The van der Waals surface area contributed by atoms with Crippen LogP contribution < -0.4 is 0 Å². The zero-order chi connectivity index (χ0) is 14.7. The second-order valence-corrected chi connectivity index (χ2v) is 4.70. The van der Waals surface area contributed by atoms with Gasteiger partial charge in [0.1, 0.15) is 11.5 Å². The van der Waals surface area contributed by atoms with Crippen LogP contribution in [0.1, 0.15) is 38.2 Å². The van der Waals surface area contributed by atoms with Crippen LogP contribution in [0.2, 0.25) is 0 Å². The molecule has 108 valence electrons. The van der Waals surface area contributed by atoms with Gasteiger partial charge in [0, 0.05) is 25.4 Å². The molecule has 0 aliphatic heterocycles. The summed E-state index contributed by atoms with van der Waals surface area (Å²) in [5, 5.41) is 15.6. The monoisotopic (exact) mass is 277 g/mol. The first-order valence-electron chi connectivity index (χ1n) is 6.84. The van der Waals surface area contributed by atoms with E-state index < -0.39 is 0 Å². The van der Waals surface area contributed by atoms with Crippen LogP contribution in [0.25, 0.3) is 5.82 Å². The molecule has 0 spiro atoms. The Morgan fingerprint density at radius 2 is 2.10 bits per heavy atom. The highest BCUT2D eigenvalue weighted by Crippen LogP contribution is 2.28. The van der Waals surface area contributed by atoms with Crippen molar-refractivity contribution in [2.75, 3.05) is 0 Å². The summed E-state index contributed by atoms with van der Waals surface area (Å²) in [4.78, 5) is 15.3. The molecular weight excluding hydrogens is 258 g/mol. The molecule has 0 saturated heterocycles. The van der Waals surface area contributed by atoms with E-state index in [9.17, 15) is 10.1 Å². The van der Waals surface area contributed by atoms with Crippen LogP contribution in [0.15, 0.2) is 12.4 Å². The molecule has 2 aromatic heterocycles. The third-order valence-corrected chi connectivity index (χ3v) is 3.11. The number of hydrogen-bond acceptors (Lipinski definition) is 4. The van der Waals surface area contributed by atoms with Gasteiger partial charge in [0.25, 0.3) is 0 Å². The SMILES string of the molecule is CCCc1nccn1-c1c([N+](=O)[O-])c(C)nn1CCC. The number of nitrogens with zero attached hydrogens (tertiary/aromatic N) is 5. The fourth-order valence-electron chi connectivity index (χ4n) is 2.32. The van der Waals surface area contributed by atoms with Gasteiger partial charge >= 0.3 is 5.69 Å². The van der Waals surface area contributed by atoms with Gasteiger partial charge in [0.15, 0.2) is 0 Å². The molecule has 0 saturated carbocycles. The lowest BCUT2D eigenvalue weighted by molar-refractivity contribution is -0.385. The van der Waals surface area contributed by atoms with E-state index in [0.29, 0.717) is 18.1 Å². The molecule has 2 rings (SSSR count). The average molecular weight is 277 g/mol. The van der Waals surface area contributed by atoms with Crippen molar-refractivity contribution in [3.8, 4) is 5.82 Å². The maximum absolute atomic E-state index is 11.3. The van der Waals surface area contributed by atoms with Crippen molar-refractivity contribution in [3.63, 3.8) is 0 Å². The fraction of sp³-hybridized carbons (Fsp3) is 0.538. The van der Waals surface area contributed by atoms with Crippen molar-refractivity contribution in [2.45, 2.75) is 46.6 Å². The van der Waals surface area contributed by atoms with Crippen molar-refractivity contribution in [1.29, 1.82) is 0 Å². The van der Waals surface area contributed by atoms with Gasteiger partial charge in [-0.1, -0.05) is 13.8 Å². The Balaban J connectivity index is 2.63. The van der Waals surface area contributed by atoms with Crippen LogP contribution in [-0.4, -0.2) is 24.3 Å². The Hall–Kier alpha value is -2.18. The quantitative estimate of drug-likeness (QED) is 0.600. The lowest BCUT2D eigenvalue weighted by atomic mass is 10.3. The molecule has 0 atom stereocenters. The summed E-state index contributed by atoms with van der Waals surface area (Å²) < 4.78 is 3.49. The molecular formula is C13H19N5O2. The summed E-state index contributed by atoms with van der Waals surface area (Å²) in [6, 6.07) is 0. The predicted molar refractivity (Wildman–Crippen MR) is 75.0 cm³/mol. The van der Waals surface area contributed by atoms with Gasteiger partial charge in [-0.15, -0.1) is 0 Å². The molecule has 0 aliphatic carbocycles. The van der Waals surface area contributed by atoms with Crippen LogP contribution in [0.4, 0.5) is 5.69 Å². The molecule has 2 heterocycles. The van der Waals surface area contributed by atoms with Crippen LogP contribution in [0.3, 0.4) is 0 Å². The molecule has 7 heteroatoms. The van der Waals surface area contributed by atoms with Crippen molar-refractivity contribution in [1.82, 2.24) is 19.3 Å². The van der Waals surface area contributed by atoms with Gasteiger partial charge in [-0.25, -0.2) is 9.67 Å². The number of nitro groups is 1. The largest absolute Gasteiger partial charge is 0.334 e. The Kier molecular flexibility index (Phi) is 4.16. The minimum absolute atomic E-state index is 0.0637. The van der Waals surface area contributed by atoms with Gasteiger partial charge in [-0.3, -0.25) is 14.7 Å². The Morgan fingerprint density at radius 1 is 1.35 bits per heavy atom. The summed E-state index contributed by atoms with van der Waals surface area (Å²) in [5.41, 5.74) is 0.503. The number of rotatable bonds is 6. The number of aromatic nitrogens is 4. The molecule has 0 aliphatic rings. The van der Waals surface area contributed by atoms with Gasteiger partial charge < -0.3 is 0 Å². The Bertz CT molecular complexity index is 614. The molecule has 0 unspecified atom stereocenters. The molecule has 0 bridgehead atoms. The van der Waals surface area contributed by atoms with Crippen LogP contribution in [-0.2, 0) is 13.0 Å². The average Bonchev–Trinajstić information content (AvgIpc) is 2.94. The standard InChI is InChI=1S/C13H19N5O2/c1-4-6-11-14-7-9-16(11)13-12(18(19)20)10(3)15-17(13)8-5-2/h7,9H,4-6,8H2,1-3H3. The van der Waals surface area contributed by atoms with Crippen molar-refractivity contribution >= 4 is 5.69 Å². The van der Waals surface area contributed by atoms with E-state index in [1.807, 2.05) is 6.92 Å². The first kappa shape index (κ1) is 14.2. The lowest BCUT2D eigenvalue weighted by Gasteiger charge is -2.09. The minimum Gasteiger partial charge on any atom is -0.282 e. The normalized spacial score (nSPS) is 10.9. The van der Waals surface area contributed by atoms with Crippen molar-refractivity contribution in [2.24, 2.45) is 0 Å². The first-order valence-corrected chi connectivity index (χ1v) is 6.84. The summed E-state index contributed by atoms with van der Waals surface area (Å²) in [5.74, 6) is 1.34. The van der Waals surface area contributed by atoms with Gasteiger partial charge in [0.05, 0.1) is 4.92 Å². The molecule has 0 radical (unpaired) electrons. The molecule has 0 N–H and O–H groups in total. The Labute approximate surface area is 117 Å². The molecule has 2 aromatic rings. The van der Waals surface area contributed by atoms with Crippen LogP contribution >= 0.6 is 0 Å². The number of aryl methyl sites for hydroxylation is 3. The number of hydrogen-bond donors (Lipinski definition) is 0. The zero-order valence-electron chi connectivity index (χ0n) is 12.0. The molecule has 0 aromatic carbocycles. The highest BCUT2D eigenvalue weighted by atomic mass is 16.6. The molecule has 20 heavy (non-hydrogen) atoms. The van der Waals surface area contributed by atoms with E-state index in [1.54, 1.807) is 28.6 Å². The summed E-state index contributed by atoms with van der Waals surface area (Å²) in [6.45, 7) is 6.40. The summed E-state index contributed by atoms with van der Waals surface area (Å²) >= 11 is 0. The topological polar surface area (TPSA) is 78.8 Å². The maximum Gasteiger partial charge on any atom is 0.334 e. The Morgan fingerprint density at radius 3 is 2.70 bits per heavy atom. The van der Waals surface area contributed by atoms with Gasteiger partial charge in [-0.05, 0) is 19.8 Å². The van der Waals surface area contributed by atoms with Gasteiger partial charge in [0.2, 0.25) is 5.82 Å². The number of imidazole rings is 1. The summed E-state index contributed by atoms with van der Waals surface area (Å²) in [6.07, 6.45) is 6.02. The zero-order valence-corrected chi connectivity index (χ0v) is 12.0. The van der Waals surface area contributed by atoms with E-state index in [4.69, 9.17) is 0 Å². The smallest absolute Gasteiger partial charge is 0.282 e. The van der Waals surface area contributed by atoms with Crippen LogP contribution in [0, 0.1) is 17.0 Å². The van der Waals surface area contributed by atoms with E-state index >= 15 is 0 Å². The predicted octanol–water partition coefficient (Wildman–Crippen LogP) is 2.65. The van der Waals surface area contributed by atoms with Gasteiger partial charge in [-0.2, -0.15) is 5.10 Å². The van der Waals surface area contributed by atoms with E-state index in [0.717, 1.165) is 25.1 Å². The minimum atomic E-state index is -0.362. The van der Waals surface area contributed by atoms with E-state index in [-0.39, 0.29) is 10.6 Å². The maximum atomic E-state index is 11.3. The first-order chi connectivity index (χ1) is 9.60. The lowest BCUT2D eigenvalue weighted by Crippen LogP contribution is -2.11. The second-order valence-electron chi connectivity index (χ2n) is 4.70. The summed E-state index contributed by atoms with van der Waals surface area (Å²) in [7, 11) is 0. The van der Waals surface area contributed by atoms with Crippen molar-refractivity contribution < 1.29 is 4.92 Å². The van der Waals surface area contributed by atoms with E-state index in [1.165, 1.54) is 0 Å². The van der Waals surface area contributed by atoms with E-state index in [2.05, 4.69) is 17.0 Å². The highest BCUT2D eigenvalue weighted by molar-refractivity contribution is 5.52. The third-order valence-electron chi connectivity index (χ3n) is 3.11.